The van der Waals surface area contributed by atoms with E-state index in [1.54, 1.807) is 17.0 Å². The van der Waals surface area contributed by atoms with Gasteiger partial charge in [0.1, 0.15) is 28.7 Å². The zero-order valence-corrected chi connectivity index (χ0v) is 20.8. The Bertz CT molecular complexity index is 1350. The monoisotopic (exact) mass is 487 g/mol. The first-order chi connectivity index (χ1) is 17.3. The van der Waals surface area contributed by atoms with E-state index in [0.717, 1.165) is 35.4 Å². The predicted molar refractivity (Wildman–Crippen MR) is 137 cm³/mol. The van der Waals surface area contributed by atoms with Crippen molar-refractivity contribution in [1.29, 1.82) is 0 Å². The van der Waals surface area contributed by atoms with Crippen LogP contribution < -0.4 is 4.74 Å². The third-order valence-corrected chi connectivity index (χ3v) is 6.24. The number of hydrogen-bond acceptors (Lipinski definition) is 4. The molecule has 5 rings (SSSR count). The van der Waals surface area contributed by atoms with E-state index in [-0.39, 0.29) is 17.8 Å². The van der Waals surface area contributed by atoms with E-state index in [1.165, 1.54) is 12.1 Å². The molecule has 36 heavy (non-hydrogen) atoms. The molecule has 1 saturated heterocycles. The van der Waals surface area contributed by atoms with Gasteiger partial charge < -0.3 is 14.4 Å². The number of hydrogen-bond donors (Lipinski definition) is 0. The molecule has 7 heteroatoms. The number of rotatable bonds is 4. The molecule has 1 fully saturated rings. The second-order valence-electron chi connectivity index (χ2n) is 10.1. The van der Waals surface area contributed by atoms with E-state index in [0.29, 0.717) is 24.6 Å². The number of imidazole rings is 1. The summed E-state index contributed by atoms with van der Waals surface area (Å²) in [6, 6.07) is 21.9. The van der Waals surface area contributed by atoms with Gasteiger partial charge in [-0.25, -0.2) is 14.2 Å². The van der Waals surface area contributed by atoms with Gasteiger partial charge in [-0.2, -0.15) is 0 Å². The minimum absolute atomic E-state index is 0.214. The van der Waals surface area contributed by atoms with Gasteiger partial charge in [0.25, 0.3) is 0 Å². The van der Waals surface area contributed by atoms with Gasteiger partial charge >= 0.3 is 6.09 Å². The highest BCUT2D eigenvalue weighted by molar-refractivity contribution is 5.78. The minimum Gasteiger partial charge on any atom is -0.457 e. The van der Waals surface area contributed by atoms with Crippen LogP contribution >= 0.6 is 0 Å². The Morgan fingerprint density at radius 1 is 0.917 bits per heavy atom. The normalized spacial score (nSPS) is 14.7. The summed E-state index contributed by atoms with van der Waals surface area (Å²) in [5.74, 6) is 2.16. The van der Waals surface area contributed by atoms with Crippen LogP contribution in [0.15, 0.2) is 72.8 Å². The summed E-state index contributed by atoms with van der Waals surface area (Å²) in [4.78, 5) is 19.3. The standard InChI is InChI=1S/C29H30FN3O3/c1-29(2,3)36-28(34)32-18-16-20(17-19-32)27-31-25-6-4-5-7-26(25)33(27)22-10-14-24(15-11-22)35-23-12-8-21(30)9-13-23/h4-15,20H,16-19H2,1-3H3. The minimum atomic E-state index is -0.505. The van der Waals surface area contributed by atoms with Crippen LogP contribution in [-0.2, 0) is 4.74 Å². The summed E-state index contributed by atoms with van der Waals surface area (Å²) < 4.78 is 26.8. The smallest absolute Gasteiger partial charge is 0.410 e. The Labute approximate surface area is 210 Å². The van der Waals surface area contributed by atoms with Crippen molar-refractivity contribution in [3.05, 3.63) is 84.4 Å². The number of nitrogens with zero attached hydrogens (tertiary/aromatic N) is 3. The topological polar surface area (TPSA) is 56.6 Å². The molecule has 0 bridgehead atoms. The van der Waals surface area contributed by atoms with E-state index < -0.39 is 5.60 Å². The van der Waals surface area contributed by atoms with Crippen LogP contribution in [0.25, 0.3) is 16.7 Å². The Kier molecular flexibility index (Phi) is 6.39. The molecular formula is C29H30FN3O3. The fourth-order valence-corrected chi connectivity index (χ4v) is 4.54. The Hall–Kier alpha value is -3.87. The lowest BCUT2D eigenvalue weighted by Crippen LogP contribution is -2.41. The highest BCUT2D eigenvalue weighted by Gasteiger charge is 2.30. The average molecular weight is 488 g/mol. The van der Waals surface area contributed by atoms with Gasteiger partial charge in [-0.15, -0.1) is 0 Å². The number of piperidine rings is 1. The summed E-state index contributed by atoms with van der Waals surface area (Å²) in [6.45, 7) is 6.92. The summed E-state index contributed by atoms with van der Waals surface area (Å²) in [5.41, 5.74) is 2.46. The molecule has 0 spiro atoms. The van der Waals surface area contributed by atoms with Crippen molar-refractivity contribution in [3.8, 4) is 17.2 Å². The van der Waals surface area contributed by atoms with Crippen molar-refractivity contribution in [2.24, 2.45) is 0 Å². The van der Waals surface area contributed by atoms with Gasteiger partial charge in [0, 0.05) is 24.7 Å². The Morgan fingerprint density at radius 3 is 2.17 bits per heavy atom. The van der Waals surface area contributed by atoms with Gasteiger partial charge in [0.15, 0.2) is 0 Å². The molecule has 4 aromatic rings. The number of aromatic nitrogens is 2. The number of likely N-dealkylation sites (tertiary alicyclic amines) is 1. The maximum absolute atomic E-state index is 13.2. The van der Waals surface area contributed by atoms with Crippen molar-refractivity contribution in [3.63, 3.8) is 0 Å². The molecule has 0 N–H and O–H groups in total. The number of carbonyl (C=O) groups is 1. The van der Waals surface area contributed by atoms with Gasteiger partial charge in [-0.05, 0) is 94.3 Å². The lowest BCUT2D eigenvalue weighted by Gasteiger charge is -2.33. The maximum atomic E-state index is 13.2. The van der Waals surface area contributed by atoms with Crippen LogP contribution in [0.3, 0.4) is 0 Å². The number of para-hydroxylation sites is 2. The molecule has 0 radical (unpaired) electrons. The van der Waals surface area contributed by atoms with Gasteiger partial charge in [-0.3, -0.25) is 4.57 Å². The number of benzene rings is 3. The fourth-order valence-electron chi connectivity index (χ4n) is 4.54. The molecule has 1 amide bonds. The van der Waals surface area contributed by atoms with Crippen molar-refractivity contribution in [2.75, 3.05) is 13.1 Å². The molecule has 2 heterocycles. The van der Waals surface area contributed by atoms with Crippen LogP contribution in [0.1, 0.15) is 45.4 Å². The molecule has 0 saturated carbocycles. The summed E-state index contributed by atoms with van der Waals surface area (Å²) >= 11 is 0. The molecule has 1 aliphatic rings. The van der Waals surface area contributed by atoms with E-state index in [1.807, 2.05) is 63.2 Å². The molecule has 0 atom stereocenters. The number of carbonyl (C=O) groups excluding carboxylic acids is 1. The SMILES string of the molecule is CC(C)(C)OC(=O)N1CCC(c2nc3ccccc3n2-c2ccc(Oc3ccc(F)cc3)cc2)CC1. The molecule has 0 aliphatic carbocycles. The van der Waals surface area contributed by atoms with Crippen LogP contribution in [0, 0.1) is 5.82 Å². The van der Waals surface area contributed by atoms with Crippen molar-refractivity contribution < 1.29 is 18.7 Å². The third kappa shape index (κ3) is 5.20. The Morgan fingerprint density at radius 2 is 1.53 bits per heavy atom. The van der Waals surface area contributed by atoms with Crippen LogP contribution in [0.5, 0.6) is 11.5 Å². The first kappa shape index (κ1) is 23.9. The quantitative estimate of drug-likeness (QED) is 0.309. The van der Waals surface area contributed by atoms with E-state index in [2.05, 4.69) is 10.6 Å². The summed E-state index contributed by atoms with van der Waals surface area (Å²) in [6.07, 6.45) is 1.37. The predicted octanol–water partition coefficient (Wildman–Crippen LogP) is 7.07. The molecule has 0 unspecified atom stereocenters. The lowest BCUT2D eigenvalue weighted by molar-refractivity contribution is 0.0203. The Balaban J connectivity index is 1.38. The van der Waals surface area contributed by atoms with Crippen LogP contribution in [-0.4, -0.2) is 39.2 Å². The molecule has 6 nitrogen and oxygen atoms in total. The van der Waals surface area contributed by atoms with Crippen molar-refractivity contribution in [2.45, 2.75) is 45.1 Å². The second kappa shape index (κ2) is 9.64. The number of halogens is 1. The zero-order valence-electron chi connectivity index (χ0n) is 20.8. The largest absolute Gasteiger partial charge is 0.457 e. The average Bonchev–Trinajstić information content (AvgIpc) is 3.25. The fraction of sp³-hybridized carbons (Fsp3) is 0.310. The van der Waals surface area contributed by atoms with E-state index in [9.17, 15) is 9.18 Å². The second-order valence-corrected chi connectivity index (χ2v) is 10.1. The third-order valence-electron chi connectivity index (χ3n) is 6.24. The number of amides is 1. The maximum Gasteiger partial charge on any atom is 0.410 e. The number of fused-ring (bicyclic) bond motifs is 1. The van der Waals surface area contributed by atoms with Gasteiger partial charge in [0.05, 0.1) is 11.0 Å². The summed E-state index contributed by atoms with van der Waals surface area (Å²) in [5, 5.41) is 0. The molecule has 1 aliphatic heterocycles. The van der Waals surface area contributed by atoms with Crippen molar-refractivity contribution >= 4 is 17.1 Å². The van der Waals surface area contributed by atoms with Gasteiger partial charge in [-0.1, -0.05) is 12.1 Å². The summed E-state index contributed by atoms with van der Waals surface area (Å²) in [7, 11) is 0. The number of ether oxygens (including phenoxy) is 2. The molecular weight excluding hydrogens is 457 g/mol. The highest BCUT2D eigenvalue weighted by Crippen LogP contribution is 2.34. The van der Waals surface area contributed by atoms with Crippen LogP contribution in [0.2, 0.25) is 0 Å². The highest BCUT2D eigenvalue weighted by atomic mass is 19.1. The van der Waals surface area contributed by atoms with E-state index >= 15 is 0 Å². The van der Waals surface area contributed by atoms with Gasteiger partial charge in [0.2, 0.25) is 0 Å². The first-order valence-corrected chi connectivity index (χ1v) is 12.3. The first-order valence-electron chi connectivity index (χ1n) is 12.3. The van der Waals surface area contributed by atoms with E-state index in [4.69, 9.17) is 14.5 Å². The molecule has 3 aromatic carbocycles. The zero-order chi connectivity index (χ0) is 25.3. The van der Waals surface area contributed by atoms with Crippen molar-refractivity contribution in [1.82, 2.24) is 14.5 Å². The lowest BCUT2D eigenvalue weighted by atomic mass is 9.96. The van der Waals surface area contributed by atoms with Crippen LogP contribution in [0.4, 0.5) is 9.18 Å². The molecule has 186 valence electrons. The molecule has 1 aromatic heterocycles.